The van der Waals surface area contributed by atoms with Crippen molar-refractivity contribution in [2.24, 2.45) is 4.99 Å². The summed E-state index contributed by atoms with van der Waals surface area (Å²) in [6, 6.07) is 25.0. The van der Waals surface area contributed by atoms with Crippen molar-refractivity contribution in [2.45, 2.75) is 0 Å². The SMILES string of the molecule is S=c1ccccn1OC(=Nc1ccccc1)c1ccccc1. The van der Waals surface area contributed by atoms with Gasteiger partial charge >= 0.3 is 0 Å². The predicted octanol–water partition coefficient (Wildman–Crippen LogP) is 4.42. The number of aliphatic imine (C=N–C) groups is 1. The molecule has 0 atom stereocenters. The molecule has 0 aliphatic carbocycles. The van der Waals surface area contributed by atoms with E-state index in [0.29, 0.717) is 10.5 Å². The van der Waals surface area contributed by atoms with Gasteiger partial charge in [0, 0.05) is 11.8 Å². The number of aromatic nitrogens is 1. The van der Waals surface area contributed by atoms with Crippen LogP contribution in [0, 0.1) is 4.64 Å². The normalized spacial score (nSPS) is 11.2. The Hall–Kier alpha value is -2.72. The highest BCUT2D eigenvalue weighted by molar-refractivity contribution is 7.71. The lowest BCUT2D eigenvalue weighted by atomic mass is 10.2. The van der Waals surface area contributed by atoms with Gasteiger partial charge in [0.1, 0.15) is 4.64 Å². The van der Waals surface area contributed by atoms with Crippen LogP contribution in [0.4, 0.5) is 5.69 Å². The standard InChI is InChI=1S/C18H14N2OS/c22-17-13-7-8-14-20(17)21-18(15-9-3-1-4-10-15)19-16-11-5-2-6-12-16/h1-14H. The Morgan fingerprint density at radius 2 is 1.45 bits per heavy atom. The van der Waals surface area contributed by atoms with Crippen molar-refractivity contribution in [3.8, 4) is 0 Å². The quantitative estimate of drug-likeness (QED) is 0.407. The minimum Gasteiger partial charge on any atom is -0.353 e. The maximum Gasteiger partial charge on any atom is 0.254 e. The molecule has 2 aromatic carbocycles. The van der Waals surface area contributed by atoms with E-state index in [4.69, 9.17) is 17.1 Å². The summed E-state index contributed by atoms with van der Waals surface area (Å²) >= 11 is 5.27. The molecule has 3 nitrogen and oxygen atoms in total. The molecule has 4 heteroatoms. The third-order valence-electron chi connectivity index (χ3n) is 2.98. The van der Waals surface area contributed by atoms with Gasteiger partial charge in [0.15, 0.2) is 0 Å². The van der Waals surface area contributed by atoms with Crippen LogP contribution in [-0.4, -0.2) is 10.6 Å². The highest BCUT2D eigenvalue weighted by atomic mass is 32.1. The van der Waals surface area contributed by atoms with E-state index in [1.165, 1.54) is 4.73 Å². The molecule has 3 rings (SSSR count). The number of hydrogen-bond donors (Lipinski definition) is 0. The molecule has 0 saturated heterocycles. The molecule has 0 unspecified atom stereocenters. The largest absolute Gasteiger partial charge is 0.353 e. The summed E-state index contributed by atoms with van der Waals surface area (Å²) < 4.78 is 2.11. The van der Waals surface area contributed by atoms with Crippen LogP contribution in [-0.2, 0) is 0 Å². The number of para-hydroxylation sites is 1. The van der Waals surface area contributed by atoms with E-state index in [9.17, 15) is 0 Å². The van der Waals surface area contributed by atoms with Gasteiger partial charge in [0.2, 0.25) is 0 Å². The molecule has 108 valence electrons. The minimum atomic E-state index is 0.495. The second-order valence-electron chi connectivity index (χ2n) is 4.57. The summed E-state index contributed by atoms with van der Waals surface area (Å²) in [5.41, 5.74) is 1.71. The number of hydrogen-bond acceptors (Lipinski definition) is 3. The van der Waals surface area contributed by atoms with Crippen LogP contribution in [0.25, 0.3) is 0 Å². The van der Waals surface area contributed by atoms with Crippen molar-refractivity contribution < 1.29 is 4.84 Å². The first-order valence-corrected chi connectivity index (χ1v) is 7.29. The Bertz CT molecular complexity index is 826. The molecule has 0 spiro atoms. The molecular formula is C18H14N2OS. The molecule has 0 amide bonds. The van der Waals surface area contributed by atoms with E-state index >= 15 is 0 Å². The molecule has 0 radical (unpaired) electrons. The Balaban J connectivity index is 2.03. The van der Waals surface area contributed by atoms with E-state index in [2.05, 4.69) is 4.99 Å². The van der Waals surface area contributed by atoms with Crippen molar-refractivity contribution in [2.75, 3.05) is 0 Å². The topological polar surface area (TPSA) is 26.5 Å². The van der Waals surface area contributed by atoms with Crippen molar-refractivity contribution >= 4 is 23.8 Å². The minimum absolute atomic E-state index is 0.495. The van der Waals surface area contributed by atoms with Gasteiger partial charge in [-0.15, -0.1) is 0 Å². The van der Waals surface area contributed by atoms with Gasteiger partial charge in [-0.25, -0.2) is 4.99 Å². The first-order chi connectivity index (χ1) is 10.8. The van der Waals surface area contributed by atoms with Crippen LogP contribution in [0.5, 0.6) is 0 Å². The number of nitrogens with zero attached hydrogens (tertiary/aromatic N) is 2. The number of pyridine rings is 1. The molecule has 0 N–H and O–H groups in total. The molecule has 0 fully saturated rings. The van der Waals surface area contributed by atoms with E-state index in [1.54, 1.807) is 12.3 Å². The van der Waals surface area contributed by atoms with Crippen LogP contribution in [0.3, 0.4) is 0 Å². The summed E-state index contributed by atoms with van der Waals surface area (Å²) in [4.78, 5) is 10.5. The summed E-state index contributed by atoms with van der Waals surface area (Å²) in [6.45, 7) is 0. The molecular weight excluding hydrogens is 292 g/mol. The van der Waals surface area contributed by atoms with Gasteiger partial charge in [-0.3, -0.25) is 0 Å². The summed E-state index contributed by atoms with van der Waals surface area (Å²) in [5.74, 6) is 0.495. The monoisotopic (exact) mass is 306 g/mol. The fraction of sp³-hybridized carbons (Fsp3) is 0. The zero-order valence-electron chi connectivity index (χ0n) is 11.8. The van der Waals surface area contributed by atoms with E-state index in [-0.39, 0.29) is 0 Å². The van der Waals surface area contributed by atoms with E-state index in [1.807, 2.05) is 72.8 Å². The zero-order valence-corrected chi connectivity index (χ0v) is 12.6. The summed E-state index contributed by atoms with van der Waals surface area (Å²) in [7, 11) is 0. The lowest BCUT2D eigenvalue weighted by Crippen LogP contribution is -2.21. The number of rotatable bonds is 3. The Kier molecular flexibility index (Phi) is 4.41. The lowest BCUT2D eigenvalue weighted by Gasteiger charge is -2.11. The molecule has 0 aliphatic rings. The van der Waals surface area contributed by atoms with Gasteiger partial charge in [0.25, 0.3) is 5.90 Å². The van der Waals surface area contributed by atoms with Crippen LogP contribution in [0.2, 0.25) is 0 Å². The second-order valence-corrected chi connectivity index (χ2v) is 4.99. The fourth-order valence-corrected chi connectivity index (χ4v) is 2.10. The Labute approximate surface area is 134 Å². The van der Waals surface area contributed by atoms with Crippen molar-refractivity contribution in [3.05, 3.63) is 95.3 Å². The smallest absolute Gasteiger partial charge is 0.254 e. The average molecular weight is 306 g/mol. The molecule has 1 heterocycles. The van der Waals surface area contributed by atoms with Crippen LogP contribution < -0.4 is 4.84 Å². The second kappa shape index (κ2) is 6.83. The van der Waals surface area contributed by atoms with Gasteiger partial charge < -0.3 is 4.84 Å². The molecule has 0 aliphatic heterocycles. The van der Waals surface area contributed by atoms with Gasteiger partial charge in [-0.1, -0.05) is 54.7 Å². The van der Waals surface area contributed by atoms with Crippen LogP contribution in [0.15, 0.2) is 90.1 Å². The molecule has 0 bridgehead atoms. The van der Waals surface area contributed by atoms with Gasteiger partial charge in [0.05, 0.1) is 5.69 Å². The van der Waals surface area contributed by atoms with Gasteiger partial charge in [-0.05, 0) is 36.4 Å². The maximum atomic E-state index is 5.90. The molecule has 0 saturated carbocycles. The third kappa shape index (κ3) is 3.48. The third-order valence-corrected chi connectivity index (χ3v) is 3.30. The Morgan fingerprint density at radius 1 is 0.818 bits per heavy atom. The average Bonchev–Trinajstić information content (AvgIpc) is 2.58. The number of benzene rings is 2. The highest BCUT2D eigenvalue weighted by Gasteiger charge is 2.07. The van der Waals surface area contributed by atoms with Crippen LogP contribution in [0.1, 0.15) is 5.56 Å². The summed E-state index contributed by atoms with van der Waals surface area (Å²) in [5, 5.41) is 0. The van der Waals surface area contributed by atoms with E-state index in [0.717, 1.165) is 11.3 Å². The predicted molar refractivity (Wildman–Crippen MR) is 90.9 cm³/mol. The fourth-order valence-electron chi connectivity index (χ4n) is 1.92. The zero-order chi connectivity index (χ0) is 15.2. The lowest BCUT2D eigenvalue weighted by molar-refractivity contribution is 0.256. The van der Waals surface area contributed by atoms with Crippen molar-refractivity contribution in [1.29, 1.82) is 0 Å². The summed E-state index contributed by atoms with van der Waals surface area (Å²) in [6.07, 6.45) is 1.77. The molecule has 3 aromatic rings. The maximum absolute atomic E-state index is 5.90. The highest BCUT2D eigenvalue weighted by Crippen LogP contribution is 2.13. The Morgan fingerprint density at radius 3 is 2.14 bits per heavy atom. The molecule has 22 heavy (non-hydrogen) atoms. The first kappa shape index (κ1) is 14.2. The van der Waals surface area contributed by atoms with Crippen molar-refractivity contribution in [3.63, 3.8) is 0 Å². The molecule has 1 aromatic heterocycles. The van der Waals surface area contributed by atoms with Crippen molar-refractivity contribution in [1.82, 2.24) is 4.73 Å². The van der Waals surface area contributed by atoms with E-state index < -0.39 is 0 Å². The first-order valence-electron chi connectivity index (χ1n) is 6.88. The van der Waals surface area contributed by atoms with Gasteiger partial charge in [-0.2, -0.15) is 4.73 Å². The van der Waals surface area contributed by atoms with Crippen LogP contribution >= 0.6 is 12.2 Å².